The number of likely N-dealkylation sites (N-methyl/N-ethyl adjacent to an activating group) is 1. The molecule has 0 unspecified atom stereocenters. The van der Waals surface area contributed by atoms with Crippen LogP contribution in [0.4, 0.5) is 11.4 Å². The van der Waals surface area contributed by atoms with Crippen LogP contribution in [-0.4, -0.2) is 50.0 Å². The number of anilines is 2. The first-order valence-electron chi connectivity index (χ1n) is 9.14. The molecule has 142 valence electrons. The van der Waals surface area contributed by atoms with Crippen LogP contribution in [-0.2, 0) is 6.54 Å². The lowest BCUT2D eigenvalue weighted by atomic mass is 10.2. The number of hydrogen-bond donors (Lipinski definition) is 2. The third kappa shape index (κ3) is 4.43. The maximum Gasteiger partial charge on any atom is 0.231 e. The van der Waals surface area contributed by atoms with E-state index in [4.69, 9.17) is 21.7 Å². The number of benzene rings is 2. The molecule has 0 spiro atoms. The Morgan fingerprint density at radius 3 is 2.52 bits per heavy atom. The molecule has 0 atom stereocenters. The SMILES string of the molecule is CN1CCN(c2ccc(NC(=S)NCc3ccc4c(c3)OCO4)cc2)CC1. The second-order valence-corrected chi connectivity index (χ2v) is 7.24. The predicted molar refractivity (Wildman–Crippen MR) is 112 cm³/mol. The number of piperazine rings is 1. The summed E-state index contributed by atoms with van der Waals surface area (Å²) >= 11 is 5.41. The van der Waals surface area contributed by atoms with Gasteiger partial charge in [-0.3, -0.25) is 0 Å². The van der Waals surface area contributed by atoms with Gasteiger partial charge in [0.15, 0.2) is 16.6 Å². The van der Waals surface area contributed by atoms with E-state index in [2.05, 4.69) is 51.7 Å². The summed E-state index contributed by atoms with van der Waals surface area (Å²) in [6, 6.07) is 14.3. The van der Waals surface area contributed by atoms with Crippen molar-refractivity contribution in [2.75, 3.05) is 50.2 Å². The van der Waals surface area contributed by atoms with Gasteiger partial charge in [-0.25, -0.2) is 0 Å². The molecule has 0 aromatic heterocycles. The zero-order valence-corrected chi connectivity index (χ0v) is 16.2. The maximum atomic E-state index is 5.41. The first-order valence-corrected chi connectivity index (χ1v) is 9.55. The lowest BCUT2D eigenvalue weighted by molar-refractivity contribution is 0.174. The summed E-state index contributed by atoms with van der Waals surface area (Å²) in [5.41, 5.74) is 3.33. The number of nitrogens with one attached hydrogen (secondary N) is 2. The Morgan fingerprint density at radius 1 is 1.00 bits per heavy atom. The molecular weight excluding hydrogens is 360 g/mol. The number of thiocarbonyl (C=S) groups is 1. The molecule has 7 heteroatoms. The molecule has 1 fully saturated rings. The van der Waals surface area contributed by atoms with Gasteiger partial charge in [-0.05, 0) is 61.2 Å². The first kappa shape index (κ1) is 17.9. The van der Waals surface area contributed by atoms with Gasteiger partial charge in [0.25, 0.3) is 0 Å². The highest BCUT2D eigenvalue weighted by Crippen LogP contribution is 2.32. The third-order valence-electron chi connectivity index (χ3n) is 4.88. The molecule has 2 N–H and O–H groups in total. The maximum absolute atomic E-state index is 5.41. The summed E-state index contributed by atoms with van der Waals surface area (Å²) in [5, 5.41) is 7.07. The highest BCUT2D eigenvalue weighted by atomic mass is 32.1. The zero-order chi connectivity index (χ0) is 18.6. The summed E-state index contributed by atoms with van der Waals surface area (Å²) in [6.07, 6.45) is 0. The number of nitrogens with zero attached hydrogens (tertiary/aromatic N) is 2. The topological polar surface area (TPSA) is 49.0 Å². The second kappa shape index (κ2) is 8.02. The third-order valence-corrected chi connectivity index (χ3v) is 5.13. The molecule has 2 aliphatic heterocycles. The quantitative estimate of drug-likeness (QED) is 0.786. The molecule has 0 aliphatic carbocycles. The summed E-state index contributed by atoms with van der Waals surface area (Å²) in [7, 11) is 2.17. The molecule has 0 bridgehead atoms. The summed E-state index contributed by atoms with van der Waals surface area (Å²) in [6.45, 7) is 5.26. The smallest absolute Gasteiger partial charge is 0.231 e. The lowest BCUT2D eigenvalue weighted by Gasteiger charge is -2.34. The molecule has 0 saturated carbocycles. The van der Waals surface area contributed by atoms with Crippen molar-refractivity contribution >= 4 is 28.7 Å². The van der Waals surface area contributed by atoms with Crippen LogP contribution in [0.1, 0.15) is 5.56 Å². The second-order valence-electron chi connectivity index (χ2n) is 6.83. The van der Waals surface area contributed by atoms with E-state index in [0.717, 1.165) is 48.9 Å². The van der Waals surface area contributed by atoms with E-state index in [9.17, 15) is 0 Å². The fourth-order valence-electron chi connectivity index (χ4n) is 3.23. The van der Waals surface area contributed by atoms with Crippen LogP contribution in [0, 0.1) is 0 Å². The Balaban J connectivity index is 1.28. The molecule has 2 aromatic rings. The van der Waals surface area contributed by atoms with Gasteiger partial charge in [0, 0.05) is 44.1 Å². The summed E-state index contributed by atoms with van der Waals surface area (Å²) in [4.78, 5) is 4.77. The molecule has 0 amide bonds. The van der Waals surface area contributed by atoms with Crippen LogP contribution in [0.2, 0.25) is 0 Å². The molecule has 2 heterocycles. The Hall–Kier alpha value is -2.51. The molecular formula is C20H24N4O2S. The predicted octanol–water partition coefficient (Wildman–Crippen LogP) is 2.65. The normalized spacial score (nSPS) is 16.3. The van der Waals surface area contributed by atoms with Crippen molar-refractivity contribution in [1.29, 1.82) is 0 Å². The van der Waals surface area contributed by atoms with Gasteiger partial charge >= 0.3 is 0 Å². The van der Waals surface area contributed by atoms with Crippen molar-refractivity contribution in [2.45, 2.75) is 6.54 Å². The van der Waals surface area contributed by atoms with Gasteiger partial charge in [0.2, 0.25) is 6.79 Å². The van der Waals surface area contributed by atoms with E-state index in [1.807, 2.05) is 18.2 Å². The molecule has 0 radical (unpaired) electrons. The monoisotopic (exact) mass is 384 g/mol. The van der Waals surface area contributed by atoms with Gasteiger partial charge in [-0.15, -0.1) is 0 Å². The average Bonchev–Trinajstić information content (AvgIpc) is 3.15. The molecule has 1 saturated heterocycles. The molecule has 2 aromatic carbocycles. The number of fused-ring (bicyclic) bond motifs is 1. The van der Waals surface area contributed by atoms with E-state index < -0.39 is 0 Å². The fourth-order valence-corrected chi connectivity index (χ4v) is 3.42. The Labute approximate surface area is 165 Å². The Morgan fingerprint density at radius 2 is 1.74 bits per heavy atom. The van der Waals surface area contributed by atoms with Gasteiger partial charge in [-0.1, -0.05) is 6.07 Å². The standard InChI is InChI=1S/C20H24N4O2S/c1-23-8-10-24(11-9-23)17-5-3-16(4-6-17)22-20(27)21-13-15-2-7-18-19(12-15)26-14-25-18/h2-7,12H,8-11,13-14H2,1H3,(H2,21,22,27). The number of rotatable bonds is 4. The van der Waals surface area contributed by atoms with E-state index in [-0.39, 0.29) is 6.79 Å². The van der Waals surface area contributed by atoms with Crippen molar-refractivity contribution in [3.8, 4) is 11.5 Å². The molecule has 27 heavy (non-hydrogen) atoms. The molecule has 4 rings (SSSR count). The molecule has 6 nitrogen and oxygen atoms in total. The van der Waals surface area contributed by atoms with Crippen molar-refractivity contribution < 1.29 is 9.47 Å². The van der Waals surface area contributed by atoms with Crippen molar-refractivity contribution in [3.05, 3.63) is 48.0 Å². The first-order chi connectivity index (χ1) is 13.2. The summed E-state index contributed by atoms with van der Waals surface area (Å²) in [5.74, 6) is 1.58. The van der Waals surface area contributed by atoms with Gasteiger partial charge in [-0.2, -0.15) is 0 Å². The highest BCUT2D eigenvalue weighted by Gasteiger charge is 2.14. The zero-order valence-electron chi connectivity index (χ0n) is 15.4. The van der Waals surface area contributed by atoms with Crippen LogP contribution in [0.25, 0.3) is 0 Å². The minimum atomic E-state index is 0.288. The van der Waals surface area contributed by atoms with Crippen LogP contribution < -0.4 is 25.0 Å². The van der Waals surface area contributed by atoms with E-state index in [1.54, 1.807) is 0 Å². The van der Waals surface area contributed by atoms with Crippen LogP contribution >= 0.6 is 12.2 Å². The van der Waals surface area contributed by atoms with Crippen LogP contribution in [0.3, 0.4) is 0 Å². The van der Waals surface area contributed by atoms with Crippen LogP contribution in [0.5, 0.6) is 11.5 Å². The number of hydrogen-bond acceptors (Lipinski definition) is 5. The minimum Gasteiger partial charge on any atom is -0.454 e. The number of ether oxygens (including phenoxy) is 2. The highest BCUT2D eigenvalue weighted by molar-refractivity contribution is 7.80. The fraction of sp³-hybridized carbons (Fsp3) is 0.350. The largest absolute Gasteiger partial charge is 0.454 e. The van der Waals surface area contributed by atoms with E-state index in [0.29, 0.717) is 11.7 Å². The molecule has 2 aliphatic rings. The average molecular weight is 385 g/mol. The van der Waals surface area contributed by atoms with Crippen molar-refractivity contribution in [3.63, 3.8) is 0 Å². The minimum absolute atomic E-state index is 0.288. The van der Waals surface area contributed by atoms with Crippen LogP contribution in [0.15, 0.2) is 42.5 Å². The van der Waals surface area contributed by atoms with Crippen molar-refractivity contribution in [1.82, 2.24) is 10.2 Å². The van der Waals surface area contributed by atoms with Gasteiger partial charge in [0.05, 0.1) is 0 Å². The van der Waals surface area contributed by atoms with Gasteiger partial charge < -0.3 is 29.9 Å². The Kier molecular flexibility index (Phi) is 5.31. The Bertz CT molecular complexity index is 804. The van der Waals surface area contributed by atoms with Gasteiger partial charge in [0.1, 0.15) is 0 Å². The van der Waals surface area contributed by atoms with Crippen molar-refractivity contribution in [2.24, 2.45) is 0 Å². The van der Waals surface area contributed by atoms with E-state index >= 15 is 0 Å². The van der Waals surface area contributed by atoms with E-state index in [1.165, 1.54) is 5.69 Å². The summed E-state index contributed by atoms with van der Waals surface area (Å²) < 4.78 is 10.7. The lowest BCUT2D eigenvalue weighted by Crippen LogP contribution is -2.44.